The second kappa shape index (κ2) is 10.3. The Balaban J connectivity index is 1.27. The SMILES string of the molecule is COc1cccc(C2=C(CN3CCN(C(=O)c4cccs4)CC3)N3C=C(c4ccccc4)C=CC3N2)c1. The van der Waals surface area contributed by atoms with Gasteiger partial charge >= 0.3 is 0 Å². The number of benzene rings is 2. The Morgan fingerprint density at radius 1 is 1.00 bits per heavy atom. The number of amides is 1. The topological polar surface area (TPSA) is 48.1 Å². The zero-order valence-corrected chi connectivity index (χ0v) is 21.7. The quantitative estimate of drug-likeness (QED) is 0.520. The zero-order chi connectivity index (χ0) is 25.2. The van der Waals surface area contributed by atoms with Gasteiger partial charge in [-0.1, -0.05) is 54.6 Å². The molecule has 37 heavy (non-hydrogen) atoms. The number of piperazine rings is 1. The molecule has 3 aliphatic heterocycles. The maximum absolute atomic E-state index is 12.8. The predicted octanol–water partition coefficient (Wildman–Crippen LogP) is 4.73. The number of carbonyl (C=O) groups is 1. The number of nitrogens with one attached hydrogen (secondary N) is 1. The van der Waals surface area contributed by atoms with Gasteiger partial charge in [-0.3, -0.25) is 9.69 Å². The molecule has 0 saturated carbocycles. The van der Waals surface area contributed by atoms with Gasteiger partial charge in [-0.2, -0.15) is 0 Å². The molecule has 0 spiro atoms. The molecular formula is C30H30N4O2S. The summed E-state index contributed by atoms with van der Waals surface area (Å²) in [6.45, 7) is 3.95. The zero-order valence-electron chi connectivity index (χ0n) is 20.8. The van der Waals surface area contributed by atoms with Crippen molar-refractivity contribution < 1.29 is 9.53 Å². The number of hydrogen-bond acceptors (Lipinski definition) is 6. The van der Waals surface area contributed by atoms with Crippen LogP contribution >= 0.6 is 11.3 Å². The van der Waals surface area contributed by atoms with E-state index in [1.165, 1.54) is 28.2 Å². The van der Waals surface area contributed by atoms with Crippen molar-refractivity contribution >= 4 is 28.5 Å². The highest BCUT2D eigenvalue weighted by Crippen LogP contribution is 2.35. The highest BCUT2D eigenvalue weighted by atomic mass is 32.1. The summed E-state index contributed by atoms with van der Waals surface area (Å²) in [5, 5.41) is 5.71. The molecule has 1 fully saturated rings. The molecule has 4 heterocycles. The second-order valence-electron chi connectivity index (χ2n) is 9.41. The van der Waals surface area contributed by atoms with Crippen molar-refractivity contribution in [1.29, 1.82) is 0 Å². The van der Waals surface area contributed by atoms with Gasteiger partial charge in [-0.15, -0.1) is 11.3 Å². The maximum Gasteiger partial charge on any atom is 0.264 e. The monoisotopic (exact) mass is 510 g/mol. The molecule has 1 unspecified atom stereocenters. The van der Waals surface area contributed by atoms with Crippen LogP contribution in [0.2, 0.25) is 0 Å². The van der Waals surface area contributed by atoms with Crippen LogP contribution in [0.4, 0.5) is 0 Å². The second-order valence-corrected chi connectivity index (χ2v) is 10.4. The number of fused-ring (bicyclic) bond motifs is 1. The minimum atomic E-state index is 0.0605. The van der Waals surface area contributed by atoms with Crippen molar-refractivity contribution in [2.75, 3.05) is 39.8 Å². The van der Waals surface area contributed by atoms with Gasteiger partial charge in [0.1, 0.15) is 11.9 Å². The number of methoxy groups -OCH3 is 1. The largest absolute Gasteiger partial charge is 0.497 e. The molecule has 7 heteroatoms. The van der Waals surface area contributed by atoms with Crippen molar-refractivity contribution in [3.05, 3.63) is 112 Å². The van der Waals surface area contributed by atoms with Crippen molar-refractivity contribution in [2.24, 2.45) is 0 Å². The Bertz CT molecular complexity index is 1360. The third kappa shape index (κ3) is 4.80. The first kappa shape index (κ1) is 23.6. The van der Waals surface area contributed by atoms with Gasteiger partial charge in [0.2, 0.25) is 0 Å². The van der Waals surface area contributed by atoms with E-state index in [4.69, 9.17) is 4.74 Å². The molecule has 3 aromatic rings. The Hall–Kier alpha value is -3.81. The molecule has 1 N–H and O–H groups in total. The molecule has 0 aliphatic carbocycles. The lowest BCUT2D eigenvalue weighted by molar-refractivity contribution is 0.0647. The molecular weight excluding hydrogens is 480 g/mol. The Morgan fingerprint density at radius 2 is 1.81 bits per heavy atom. The number of rotatable bonds is 6. The first-order valence-electron chi connectivity index (χ1n) is 12.6. The van der Waals surface area contributed by atoms with Crippen LogP contribution in [0.3, 0.4) is 0 Å². The molecule has 3 aliphatic rings. The molecule has 188 valence electrons. The third-order valence-electron chi connectivity index (χ3n) is 7.16. The fourth-order valence-electron chi connectivity index (χ4n) is 5.15. The van der Waals surface area contributed by atoms with E-state index in [0.717, 1.165) is 54.6 Å². The normalized spacial score (nSPS) is 19.5. The number of thiophene rings is 1. The molecule has 2 aromatic carbocycles. The summed E-state index contributed by atoms with van der Waals surface area (Å²) in [4.78, 5) is 20.4. The Labute approximate surface area is 221 Å². The van der Waals surface area contributed by atoms with Gasteiger partial charge in [0, 0.05) is 44.5 Å². The van der Waals surface area contributed by atoms with Crippen molar-refractivity contribution in [3.63, 3.8) is 0 Å². The van der Waals surface area contributed by atoms with E-state index >= 15 is 0 Å². The van der Waals surface area contributed by atoms with Crippen LogP contribution in [0.5, 0.6) is 5.75 Å². The van der Waals surface area contributed by atoms with Gasteiger partial charge in [0.15, 0.2) is 0 Å². The first-order valence-corrected chi connectivity index (χ1v) is 13.5. The van der Waals surface area contributed by atoms with Crippen LogP contribution in [0.1, 0.15) is 20.8 Å². The maximum atomic E-state index is 12.8. The summed E-state index contributed by atoms with van der Waals surface area (Å²) >= 11 is 1.51. The van der Waals surface area contributed by atoms with Crippen LogP contribution in [0.15, 0.2) is 96.2 Å². The average molecular weight is 511 g/mol. The highest BCUT2D eigenvalue weighted by molar-refractivity contribution is 7.12. The van der Waals surface area contributed by atoms with Crippen LogP contribution in [-0.4, -0.2) is 66.6 Å². The third-order valence-corrected chi connectivity index (χ3v) is 8.02. The minimum Gasteiger partial charge on any atom is -0.497 e. The van der Waals surface area contributed by atoms with Gasteiger partial charge < -0.3 is 19.9 Å². The highest BCUT2D eigenvalue weighted by Gasteiger charge is 2.33. The lowest BCUT2D eigenvalue weighted by atomic mass is 10.0. The Morgan fingerprint density at radius 3 is 2.57 bits per heavy atom. The lowest BCUT2D eigenvalue weighted by Crippen LogP contribution is -2.49. The average Bonchev–Trinajstić information content (AvgIpc) is 3.62. The molecule has 0 bridgehead atoms. The van der Waals surface area contributed by atoms with E-state index in [1.807, 2.05) is 40.6 Å². The van der Waals surface area contributed by atoms with E-state index in [1.54, 1.807) is 7.11 Å². The summed E-state index contributed by atoms with van der Waals surface area (Å²) in [5.41, 5.74) is 5.85. The lowest BCUT2D eigenvalue weighted by Gasteiger charge is -2.36. The fourth-order valence-corrected chi connectivity index (χ4v) is 5.84. The molecule has 1 atom stereocenters. The summed E-state index contributed by atoms with van der Waals surface area (Å²) in [6, 6.07) is 22.6. The number of ether oxygens (including phenoxy) is 1. The van der Waals surface area contributed by atoms with Gasteiger partial charge in [-0.25, -0.2) is 0 Å². The van der Waals surface area contributed by atoms with E-state index in [-0.39, 0.29) is 12.1 Å². The number of hydrogen-bond donors (Lipinski definition) is 1. The van der Waals surface area contributed by atoms with Crippen LogP contribution in [0, 0.1) is 0 Å². The van der Waals surface area contributed by atoms with E-state index in [0.29, 0.717) is 0 Å². The van der Waals surface area contributed by atoms with Crippen molar-refractivity contribution in [2.45, 2.75) is 6.17 Å². The fraction of sp³-hybridized carbons (Fsp3) is 0.233. The van der Waals surface area contributed by atoms with Gasteiger partial charge in [0.25, 0.3) is 5.91 Å². The molecule has 1 aromatic heterocycles. The predicted molar refractivity (Wildman–Crippen MR) is 149 cm³/mol. The van der Waals surface area contributed by atoms with E-state index in [2.05, 4.69) is 69.9 Å². The minimum absolute atomic E-state index is 0.0605. The molecule has 1 saturated heterocycles. The first-order chi connectivity index (χ1) is 18.2. The van der Waals surface area contributed by atoms with Crippen molar-refractivity contribution in [3.8, 4) is 5.75 Å². The van der Waals surface area contributed by atoms with Gasteiger partial charge in [-0.05, 0) is 40.8 Å². The smallest absolute Gasteiger partial charge is 0.264 e. The summed E-state index contributed by atoms with van der Waals surface area (Å²) < 4.78 is 5.52. The number of carbonyl (C=O) groups excluding carboxylic acids is 1. The Kier molecular flexibility index (Phi) is 6.55. The van der Waals surface area contributed by atoms with Crippen LogP contribution in [-0.2, 0) is 0 Å². The molecule has 1 amide bonds. The molecule has 6 nitrogen and oxygen atoms in total. The molecule has 0 radical (unpaired) electrons. The van der Waals surface area contributed by atoms with Crippen LogP contribution in [0.25, 0.3) is 11.3 Å². The van der Waals surface area contributed by atoms with Crippen LogP contribution < -0.4 is 10.1 Å². The summed E-state index contributed by atoms with van der Waals surface area (Å²) in [7, 11) is 1.70. The molecule has 6 rings (SSSR count). The van der Waals surface area contributed by atoms with Gasteiger partial charge in [0.05, 0.1) is 23.4 Å². The summed E-state index contributed by atoms with van der Waals surface area (Å²) in [5.74, 6) is 0.984. The number of nitrogens with zero attached hydrogens (tertiary/aromatic N) is 3. The van der Waals surface area contributed by atoms with Crippen molar-refractivity contribution in [1.82, 2.24) is 20.0 Å². The summed E-state index contributed by atoms with van der Waals surface area (Å²) in [6.07, 6.45) is 6.74. The number of allylic oxidation sites excluding steroid dienone is 2. The standard InChI is InChI=1S/C30H30N4O2S/c1-36-25-10-5-9-23(19-25)29-26(21-32-14-16-33(17-15-32)30(35)27-11-6-18-37-27)34-20-24(12-13-28(34)31-29)22-7-3-2-4-8-22/h2-13,18-20,28,31H,14-17,21H2,1H3. The van der Waals surface area contributed by atoms with E-state index in [9.17, 15) is 4.79 Å². The van der Waals surface area contributed by atoms with E-state index < -0.39 is 0 Å².